The van der Waals surface area contributed by atoms with Crippen molar-refractivity contribution < 1.29 is 9.59 Å². The van der Waals surface area contributed by atoms with Crippen LogP contribution in [0.3, 0.4) is 0 Å². The second-order valence-electron chi connectivity index (χ2n) is 7.34. The van der Waals surface area contributed by atoms with Crippen LogP contribution in [-0.4, -0.2) is 36.3 Å². The van der Waals surface area contributed by atoms with E-state index in [2.05, 4.69) is 42.3 Å². The maximum Gasteiger partial charge on any atom is 0.227 e. The summed E-state index contributed by atoms with van der Waals surface area (Å²) in [5.41, 5.74) is 3.03. The predicted octanol–water partition coefficient (Wildman–Crippen LogP) is 3.87. The molecular formula is C25H32N4O2. The zero-order chi connectivity index (χ0) is 22.5. The Hall–Kier alpha value is -3.17. The first-order chi connectivity index (χ1) is 15.1. The molecule has 0 aliphatic carbocycles. The topological polar surface area (TPSA) is 76.4 Å². The summed E-state index contributed by atoms with van der Waals surface area (Å²) in [4.78, 5) is 28.8. The fraction of sp³-hybridized carbons (Fsp3) is 0.400. The molecule has 0 aliphatic heterocycles. The SMILES string of the molecule is CCN(CC)Cc1ccc(CNC(=O)CCC(=O)N(CCC#N)c2ccccc2)cc1. The summed E-state index contributed by atoms with van der Waals surface area (Å²) in [7, 11) is 0. The maximum absolute atomic E-state index is 12.6. The van der Waals surface area contributed by atoms with Crippen molar-refractivity contribution in [3.8, 4) is 6.07 Å². The average Bonchev–Trinajstić information content (AvgIpc) is 2.81. The molecule has 6 nitrogen and oxygen atoms in total. The summed E-state index contributed by atoms with van der Waals surface area (Å²) < 4.78 is 0. The van der Waals surface area contributed by atoms with Crippen LogP contribution < -0.4 is 10.2 Å². The molecule has 0 bridgehead atoms. The molecule has 0 saturated heterocycles. The smallest absolute Gasteiger partial charge is 0.227 e. The Bertz CT molecular complexity index is 855. The van der Waals surface area contributed by atoms with Gasteiger partial charge in [0.2, 0.25) is 11.8 Å². The third-order valence-corrected chi connectivity index (χ3v) is 5.20. The second-order valence-corrected chi connectivity index (χ2v) is 7.34. The Balaban J connectivity index is 1.81. The molecule has 2 aromatic rings. The van der Waals surface area contributed by atoms with Gasteiger partial charge in [-0.25, -0.2) is 0 Å². The fourth-order valence-corrected chi connectivity index (χ4v) is 3.28. The Morgan fingerprint density at radius 2 is 1.58 bits per heavy atom. The van der Waals surface area contributed by atoms with Crippen molar-refractivity contribution in [1.82, 2.24) is 10.2 Å². The number of carbonyl (C=O) groups excluding carboxylic acids is 2. The summed E-state index contributed by atoms with van der Waals surface area (Å²) >= 11 is 0. The van der Waals surface area contributed by atoms with Crippen LogP contribution >= 0.6 is 0 Å². The normalized spacial score (nSPS) is 10.5. The summed E-state index contributed by atoms with van der Waals surface area (Å²) in [5, 5.41) is 11.8. The summed E-state index contributed by atoms with van der Waals surface area (Å²) in [6, 6.07) is 19.6. The van der Waals surface area contributed by atoms with Crippen molar-refractivity contribution in [3.63, 3.8) is 0 Å². The van der Waals surface area contributed by atoms with Gasteiger partial charge in [-0.1, -0.05) is 56.3 Å². The highest BCUT2D eigenvalue weighted by molar-refractivity contribution is 5.95. The number of hydrogen-bond donors (Lipinski definition) is 1. The lowest BCUT2D eigenvalue weighted by Gasteiger charge is -2.21. The Morgan fingerprint density at radius 1 is 0.935 bits per heavy atom. The van der Waals surface area contributed by atoms with Crippen molar-refractivity contribution in [2.24, 2.45) is 0 Å². The molecule has 0 atom stereocenters. The quantitative estimate of drug-likeness (QED) is 0.565. The fourth-order valence-electron chi connectivity index (χ4n) is 3.28. The minimum atomic E-state index is -0.158. The van der Waals surface area contributed by atoms with E-state index in [0.29, 0.717) is 13.1 Å². The number of para-hydroxylation sites is 1. The molecule has 0 spiro atoms. The van der Waals surface area contributed by atoms with Gasteiger partial charge >= 0.3 is 0 Å². The van der Waals surface area contributed by atoms with E-state index in [4.69, 9.17) is 5.26 Å². The molecule has 6 heteroatoms. The van der Waals surface area contributed by atoms with Crippen molar-refractivity contribution in [3.05, 3.63) is 65.7 Å². The number of anilines is 1. The van der Waals surface area contributed by atoms with Crippen LogP contribution in [0.1, 0.15) is 44.2 Å². The molecule has 0 aliphatic rings. The number of nitrogens with one attached hydrogen (secondary N) is 1. The number of rotatable bonds is 12. The molecule has 0 saturated carbocycles. The van der Waals surface area contributed by atoms with E-state index < -0.39 is 0 Å². The lowest BCUT2D eigenvalue weighted by molar-refractivity contribution is -0.125. The van der Waals surface area contributed by atoms with Crippen molar-refractivity contribution in [2.75, 3.05) is 24.5 Å². The van der Waals surface area contributed by atoms with Crippen LogP contribution in [-0.2, 0) is 22.7 Å². The van der Waals surface area contributed by atoms with E-state index in [-0.39, 0.29) is 31.1 Å². The van der Waals surface area contributed by atoms with Crippen LogP contribution in [0.5, 0.6) is 0 Å². The van der Waals surface area contributed by atoms with E-state index in [0.717, 1.165) is 30.9 Å². The molecule has 2 aromatic carbocycles. The third-order valence-electron chi connectivity index (χ3n) is 5.20. The van der Waals surface area contributed by atoms with Gasteiger partial charge < -0.3 is 10.2 Å². The van der Waals surface area contributed by atoms with Crippen molar-refractivity contribution >= 4 is 17.5 Å². The largest absolute Gasteiger partial charge is 0.352 e. The van der Waals surface area contributed by atoms with E-state index in [9.17, 15) is 9.59 Å². The Morgan fingerprint density at radius 3 is 2.19 bits per heavy atom. The van der Waals surface area contributed by atoms with Gasteiger partial charge in [0, 0.05) is 38.2 Å². The highest BCUT2D eigenvalue weighted by Gasteiger charge is 2.16. The predicted molar refractivity (Wildman–Crippen MR) is 123 cm³/mol. The van der Waals surface area contributed by atoms with Crippen molar-refractivity contribution in [1.29, 1.82) is 5.26 Å². The highest BCUT2D eigenvalue weighted by Crippen LogP contribution is 2.15. The van der Waals surface area contributed by atoms with E-state index in [1.165, 1.54) is 5.56 Å². The number of nitriles is 1. The van der Waals surface area contributed by atoms with Gasteiger partial charge in [0.15, 0.2) is 0 Å². The zero-order valence-corrected chi connectivity index (χ0v) is 18.5. The van der Waals surface area contributed by atoms with Crippen LogP contribution in [0.15, 0.2) is 54.6 Å². The average molecular weight is 421 g/mol. The number of nitrogens with zero attached hydrogens (tertiary/aromatic N) is 3. The molecule has 0 aromatic heterocycles. The van der Waals surface area contributed by atoms with Crippen LogP contribution in [0, 0.1) is 11.3 Å². The van der Waals surface area contributed by atoms with Gasteiger partial charge in [-0.05, 0) is 36.3 Å². The molecular weight excluding hydrogens is 388 g/mol. The molecule has 164 valence electrons. The van der Waals surface area contributed by atoms with Gasteiger partial charge in [-0.3, -0.25) is 14.5 Å². The number of carbonyl (C=O) groups is 2. The highest BCUT2D eigenvalue weighted by atomic mass is 16.2. The van der Waals surface area contributed by atoms with Gasteiger partial charge in [-0.15, -0.1) is 0 Å². The maximum atomic E-state index is 12.6. The lowest BCUT2D eigenvalue weighted by atomic mass is 10.1. The van der Waals surface area contributed by atoms with Crippen LogP contribution in [0.2, 0.25) is 0 Å². The lowest BCUT2D eigenvalue weighted by Crippen LogP contribution is -2.33. The Kier molecular flexibility index (Phi) is 10.3. The molecule has 1 N–H and O–H groups in total. The zero-order valence-electron chi connectivity index (χ0n) is 18.5. The molecule has 2 rings (SSSR count). The summed E-state index contributed by atoms with van der Waals surface area (Å²) in [6.45, 7) is 8.03. The molecule has 31 heavy (non-hydrogen) atoms. The molecule has 0 fully saturated rings. The standard InChI is InChI=1S/C25H32N4O2/c1-3-28(4-2)20-22-13-11-21(12-14-22)19-27-24(30)15-16-25(31)29(18-8-17-26)23-9-6-5-7-10-23/h5-7,9-14H,3-4,8,15-16,18-20H2,1-2H3,(H,27,30). The molecule has 0 radical (unpaired) electrons. The number of amides is 2. The van der Waals surface area contributed by atoms with Crippen LogP contribution in [0.25, 0.3) is 0 Å². The summed E-state index contributed by atoms with van der Waals surface area (Å²) in [6.07, 6.45) is 0.473. The Labute approximate surface area is 185 Å². The summed E-state index contributed by atoms with van der Waals surface area (Å²) in [5.74, 6) is -0.314. The second kappa shape index (κ2) is 13.2. The minimum Gasteiger partial charge on any atom is -0.352 e. The van der Waals surface area contributed by atoms with Gasteiger partial charge in [0.05, 0.1) is 12.5 Å². The van der Waals surface area contributed by atoms with Gasteiger partial charge in [0.1, 0.15) is 0 Å². The first-order valence-corrected chi connectivity index (χ1v) is 10.9. The monoisotopic (exact) mass is 420 g/mol. The number of hydrogen-bond acceptors (Lipinski definition) is 4. The van der Waals surface area contributed by atoms with E-state index in [1.54, 1.807) is 4.90 Å². The molecule has 0 unspecified atom stereocenters. The molecule has 0 heterocycles. The van der Waals surface area contributed by atoms with Crippen molar-refractivity contribution in [2.45, 2.75) is 46.2 Å². The molecule has 2 amide bonds. The van der Waals surface area contributed by atoms with E-state index >= 15 is 0 Å². The first-order valence-electron chi connectivity index (χ1n) is 10.9. The number of benzene rings is 2. The minimum absolute atomic E-state index is 0.106. The van der Waals surface area contributed by atoms with Gasteiger partial charge in [-0.2, -0.15) is 5.26 Å². The first kappa shape index (κ1) is 24.1. The van der Waals surface area contributed by atoms with Crippen LogP contribution in [0.4, 0.5) is 5.69 Å². The van der Waals surface area contributed by atoms with E-state index in [1.807, 2.05) is 42.5 Å². The third kappa shape index (κ3) is 8.23. The van der Waals surface area contributed by atoms with Gasteiger partial charge in [0.25, 0.3) is 0 Å².